The van der Waals surface area contributed by atoms with E-state index in [9.17, 15) is 0 Å². The molecular weight excluding hydrogens is 242 g/mol. The minimum absolute atomic E-state index is 0.220. The maximum atomic E-state index is 5.53. The van der Waals surface area contributed by atoms with Gasteiger partial charge in [0, 0.05) is 6.20 Å². The molecule has 0 saturated heterocycles. The molecule has 1 N–H and O–H groups in total. The highest BCUT2D eigenvalue weighted by atomic mass is 32.1. The molecule has 2 aromatic heterocycles. The Balaban J connectivity index is 2.15. The summed E-state index contributed by atoms with van der Waals surface area (Å²) in [5.41, 5.74) is 2.23. The molecule has 0 saturated carbocycles. The van der Waals surface area contributed by atoms with Crippen molar-refractivity contribution in [3.8, 4) is 0 Å². The molecule has 0 aliphatic rings. The maximum absolute atomic E-state index is 5.53. The van der Waals surface area contributed by atoms with Gasteiger partial charge in [0.25, 0.3) is 0 Å². The quantitative estimate of drug-likeness (QED) is 0.708. The number of fused-ring (bicyclic) bond motifs is 1. The first-order valence-corrected chi connectivity index (χ1v) is 6.27. The number of benzene rings is 1. The van der Waals surface area contributed by atoms with E-state index in [-0.39, 0.29) is 6.04 Å². The molecule has 0 aliphatic heterocycles. The zero-order valence-electron chi connectivity index (χ0n) is 10.00. The van der Waals surface area contributed by atoms with E-state index in [4.69, 9.17) is 12.2 Å². The lowest BCUT2D eigenvalue weighted by Crippen LogP contribution is -2.07. The van der Waals surface area contributed by atoms with E-state index >= 15 is 0 Å². The number of rotatable bonds is 2. The van der Waals surface area contributed by atoms with Crippen LogP contribution in [0, 0.1) is 4.64 Å². The average molecular weight is 255 g/mol. The lowest BCUT2D eigenvalue weighted by Gasteiger charge is -2.16. The smallest absolute Gasteiger partial charge is 0.117 e. The predicted molar refractivity (Wildman–Crippen MR) is 75.2 cm³/mol. The van der Waals surface area contributed by atoms with Crippen molar-refractivity contribution < 1.29 is 0 Å². The summed E-state index contributed by atoms with van der Waals surface area (Å²) >= 11 is 5.53. The molecule has 18 heavy (non-hydrogen) atoms. The van der Waals surface area contributed by atoms with Crippen LogP contribution in [0.4, 0.5) is 0 Å². The molecule has 3 rings (SSSR count). The second kappa shape index (κ2) is 4.38. The molecule has 1 unspecified atom stereocenters. The minimum Gasteiger partial charge on any atom is -0.331 e. The Bertz CT molecular complexity index is 727. The van der Waals surface area contributed by atoms with Crippen LogP contribution in [0.2, 0.25) is 0 Å². The van der Waals surface area contributed by atoms with Crippen LogP contribution in [0.1, 0.15) is 18.5 Å². The van der Waals surface area contributed by atoms with Crippen molar-refractivity contribution in [2.45, 2.75) is 13.0 Å². The zero-order valence-corrected chi connectivity index (χ0v) is 10.8. The summed E-state index contributed by atoms with van der Waals surface area (Å²) in [4.78, 5) is 0. The molecule has 0 aliphatic carbocycles. The molecule has 3 nitrogen and oxygen atoms in total. The van der Waals surface area contributed by atoms with E-state index in [1.165, 1.54) is 5.56 Å². The summed E-state index contributed by atoms with van der Waals surface area (Å²) < 4.78 is 2.92. The van der Waals surface area contributed by atoms with E-state index in [0.717, 1.165) is 15.5 Å². The number of hydrogen-bond donors (Lipinski definition) is 1. The third kappa shape index (κ3) is 1.75. The van der Waals surface area contributed by atoms with Gasteiger partial charge in [-0.15, -0.1) is 0 Å². The molecule has 0 radical (unpaired) electrons. The van der Waals surface area contributed by atoms with Crippen molar-refractivity contribution in [2.24, 2.45) is 0 Å². The molecular formula is C14H13N3S. The summed E-state index contributed by atoms with van der Waals surface area (Å²) in [5.74, 6) is 0. The summed E-state index contributed by atoms with van der Waals surface area (Å²) in [6.07, 6.45) is 3.80. The largest absolute Gasteiger partial charge is 0.331 e. The molecule has 0 spiro atoms. The Morgan fingerprint density at radius 1 is 1.22 bits per heavy atom. The van der Waals surface area contributed by atoms with Gasteiger partial charge >= 0.3 is 0 Å². The molecule has 0 amide bonds. The van der Waals surface area contributed by atoms with E-state index < -0.39 is 0 Å². The highest BCUT2D eigenvalue weighted by Crippen LogP contribution is 2.21. The number of nitrogens with zero attached hydrogens (tertiary/aromatic N) is 2. The monoisotopic (exact) mass is 255 g/mol. The highest BCUT2D eigenvalue weighted by Gasteiger charge is 2.09. The topological polar surface area (TPSA) is 33.6 Å². The molecule has 0 bridgehead atoms. The van der Waals surface area contributed by atoms with Crippen LogP contribution in [0.15, 0.2) is 48.8 Å². The van der Waals surface area contributed by atoms with Gasteiger partial charge in [0.2, 0.25) is 0 Å². The lowest BCUT2D eigenvalue weighted by atomic mass is 10.1. The first kappa shape index (κ1) is 11.2. The van der Waals surface area contributed by atoms with Crippen LogP contribution >= 0.6 is 12.2 Å². The molecule has 1 atom stereocenters. The standard InChI is InChI=1S/C14H13N3S/c1-10(11-5-3-2-4-6-11)17-8-7-13-12(14(17)18)9-15-16-13/h2-10H,1H3,(H,15,16). The van der Waals surface area contributed by atoms with Crippen molar-refractivity contribution in [3.63, 3.8) is 0 Å². The number of aromatic amines is 1. The molecule has 3 aromatic rings. The summed E-state index contributed by atoms with van der Waals surface area (Å²) in [5, 5.41) is 7.96. The molecule has 90 valence electrons. The minimum atomic E-state index is 0.220. The van der Waals surface area contributed by atoms with E-state index in [1.807, 2.05) is 30.5 Å². The lowest BCUT2D eigenvalue weighted by molar-refractivity contribution is 0.631. The number of hydrogen-bond acceptors (Lipinski definition) is 2. The third-order valence-electron chi connectivity index (χ3n) is 3.23. The third-order valence-corrected chi connectivity index (χ3v) is 3.67. The zero-order chi connectivity index (χ0) is 12.5. The molecule has 2 heterocycles. The Morgan fingerprint density at radius 3 is 2.78 bits per heavy atom. The maximum Gasteiger partial charge on any atom is 0.117 e. The Labute approximate surface area is 110 Å². The first-order valence-electron chi connectivity index (χ1n) is 5.86. The summed E-state index contributed by atoms with van der Waals surface area (Å²) in [7, 11) is 0. The summed E-state index contributed by atoms with van der Waals surface area (Å²) in [6, 6.07) is 12.6. The van der Waals surface area contributed by atoms with Gasteiger partial charge in [-0.3, -0.25) is 5.10 Å². The van der Waals surface area contributed by atoms with Crippen LogP contribution in [0.3, 0.4) is 0 Å². The van der Waals surface area contributed by atoms with Crippen LogP contribution in [-0.4, -0.2) is 14.8 Å². The number of H-pyrrole nitrogens is 1. The van der Waals surface area contributed by atoms with Crippen molar-refractivity contribution in [1.82, 2.24) is 14.8 Å². The second-order valence-corrected chi connectivity index (χ2v) is 4.70. The van der Waals surface area contributed by atoms with Gasteiger partial charge in [0.05, 0.1) is 23.1 Å². The molecule has 0 fully saturated rings. The fraction of sp³-hybridized carbons (Fsp3) is 0.143. The SMILES string of the molecule is CC(c1ccccc1)n1ccc2[nH]ncc2c1=S. The van der Waals surface area contributed by atoms with Gasteiger partial charge < -0.3 is 4.57 Å². The molecule has 4 heteroatoms. The average Bonchev–Trinajstić information content (AvgIpc) is 2.89. The van der Waals surface area contributed by atoms with Gasteiger partial charge in [-0.1, -0.05) is 42.5 Å². The van der Waals surface area contributed by atoms with Gasteiger partial charge in [-0.2, -0.15) is 5.10 Å². The van der Waals surface area contributed by atoms with Crippen LogP contribution in [0.25, 0.3) is 10.9 Å². The van der Waals surface area contributed by atoms with Crippen LogP contribution in [0.5, 0.6) is 0 Å². The highest BCUT2D eigenvalue weighted by molar-refractivity contribution is 7.71. The van der Waals surface area contributed by atoms with Crippen molar-refractivity contribution in [2.75, 3.05) is 0 Å². The Morgan fingerprint density at radius 2 is 2.00 bits per heavy atom. The number of nitrogens with one attached hydrogen (secondary N) is 1. The van der Waals surface area contributed by atoms with E-state index in [0.29, 0.717) is 0 Å². The van der Waals surface area contributed by atoms with Gasteiger partial charge in [0.15, 0.2) is 0 Å². The predicted octanol–water partition coefficient (Wildman–Crippen LogP) is 3.70. The van der Waals surface area contributed by atoms with E-state index in [1.54, 1.807) is 6.20 Å². The van der Waals surface area contributed by atoms with Gasteiger partial charge in [-0.25, -0.2) is 0 Å². The van der Waals surface area contributed by atoms with Crippen molar-refractivity contribution >= 4 is 23.1 Å². The number of pyridine rings is 1. The molecule has 1 aromatic carbocycles. The van der Waals surface area contributed by atoms with Gasteiger partial charge in [0.1, 0.15) is 4.64 Å². The normalized spacial score (nSPS) is 12.7. The Hall–Kier alpha value is -1.94. The van der Waals surface area contributed by atoms with Crippen molar-refractivity contribution in [1.29, 1.82) is 0 Å². The Kier molecular flexibility index (Phi) is 2.72. The fourth-order valence-corrected chi connectivity index (χ4v) is 2.53. The fourth-order valence-electron chi connectivity index (χ4n) is 2.15. The number of aromatic nitrogens is 3. The summed E-state index contributed by atoms with van der Waals surface area (Å²) in [6.45, 7) is 2.15. The first-order chi connectivity index (χ1) is 8.77. The van der Waals surface area contributed by atoms with Crippen LogP contribution in [-0.2, 0) is 0 Å². The van der Waals surface area contributed by atoms with Gasteiger partial charge in [-0.05, 0) is 18.6 Å². The van der Waals surface area contributed by atoms with Crippen molar-refractivity contribution in [3.05, 3.63) is 59.0 Å². The second-order valence-electron chi connectivity index (χ2n) is 4.31. The van der Waals surface area contributed by atoms with Crippen LogP contribution < -0.4 is 0 Å². The van der Waals surface area contributed by atoms with E-state index in [2.05, 4.69) is 33.8 Å².